The number of aromatic nitrogens is 1. The fourth-order valence-electron chi connectivity index (χ4n) is 1.26. The molecule has 0 fully saturated rings. The van der Waals surface area contributed by atoms with Crippen LogP contribution in [0.3, 0.4) is 0 Å². The minimum atomic E-state index is -0.411. The summed E-state index contributed by atoms with van der Waals surface area (Å²) in [4.78, 5) is 15.3. The largest absolute Gasteiger partial charge is 0.300 e. The Morgan fingerprint density at radius 2 is 2.07 bits per heavy atom. The summed E-state index contributed by atoms with van der Waals surface area (Å²) in [5.41, 5.74) is 0.0425. The van der Waals surface area contributed by atoms with Crippen molar-refractivity contribution in [3.05, 3.63) is 15.8 Å². The Kier molecular flexibility index (Phi) is 3.60. The van der Waals surface area contributed by atoms with Crippen LogP contribution >= 0.6 is 11.3 Å². The van der Waals surface area contributed by atoms with Gasteiger partial charge in [-0.2, -0.15) is 4.39 Å². The molecule has 4 heteroatoms. The van der Waals surface area contributed by atoms with Crippen LogP contribution in [0.1, 0.15) is 37.6 Å². The lowest BCUT2D eigenvalue weighted by molar-refractivity contribution is -0.116. The van der Waals surface area contributed by atoms with Crippen molar-refractivity contribution in [2.45, 2.75) is 40.5 Å². The van der Waals surface area contributed by atoms with Crippen LogP contribution in [0.25, 0.3) is 0 Å². The molecule has 0 radical (unpaired) electrons. The molecule has 1 aromatic heterocycles. The number of carbonyl (C=O) groups excluding carboxylic acids is 1. The minimum absolute atomic E-state index is 0.0195. The Hall–Kier alpha value is -0.770. The maximum Gasteiger partial charge on any atom is 0.227 e. The second-order valence-corrected chi connectivity index (χ2v) is 6.11. The van der Waals surface area contributed by atoms with Gasteiger partial charge >= 0.3 is 0 Å². The topological polar surface area (TPSA) is 30.0 Å². The molecule has 0 saturated carbocycles. The minimum Gasteiger partial charge on any atom is -0.300 e. The van der Waals surface area contributed by atoms with Crippen molar-refractivity contribution < 1.29 is 9.18 Å². The molecule has 0 bridgehead atoms. The predicted molar refractivity (Wildman–Crippen MR) is 59.6 cm³/mol. The van der Waals surface area contributed by atoms with Gasteiger partial charge in [0, 0.05) is 0 Å². The molecule has 15 heavy (non-hydrogen) atoms. The van der Waals surface area contributed by atoms with E-state index in [4.69, 9.17) is 0 Å². The van der Waals surface area contributed by atoms with E-state index in [0.717, 1.165) is 0 Å². The van der Waals surface area contributed by atoms with Crippen LogP contribution in [0.4, 0.5) is 4.39 Å². The Morgan fingerprint density at radius 1 is 1.47 bits per heavy atom. The van der Waals surface area contributed by atoms with Gasteiger partial charge in [-0.05, 0) is 18.8 Å². The highest BCUT2D eigenvalue weighted by atomic mass is 32.1. The molecule has 1 aromatic rings. The quantitative estimate of drug-likeness (QED) is 0.797. The van der Waals surface area contributed by atoms with E-state index >= 15 is 0 Å². The Labute approximate surface area is 93.5 Å². The SMILES string of the molecule is CC(=O)Cc1nc(F)c(CC(C)(C)C)s1. The van der Waals surface area contributed by atoms with Gasteiger partial charge < -0.3 is 0 Å². The molecule has 0 saturated heterocycles. The smallest absolute Gasteiger partial charge is 0.227 e. The Balaban J connectivity index is 2.82. The van der Waals surface area contributed by atoms with Crippen LogP contribution in [0, 0.1) is 11.4 Å². The Morgan fingerprint density at radius 3 is 2.53 bits per heavy atom. The molecule has 0 aliphatic heterocycles. The van der Waals surface area contributed by atoms with Crippen molar-refractivity contribution >= 4 is 17.1 Å². The van der Waals surface area contributed by atoms with Crippen molar-refractivity contribution in [3.63, 3.8) is 0 Å². The maximum absolute atomic E-state index is 13.4. The first-order valence-electron chi connectivity index (χ1n) is 4.91. The summed E-state index contributed by atoms with van der Waals surface area (Å²) in [5, 5.41) is 0.583. The average molecular weight is 229 g/mol. The van der Waals surface area contributed by atoms with Crippen molar-refractivity contribution in [3.8, 4) is 0 Å². The lowest BCUT2D eigenvalue weighted by Gasteiger charge is -2.15. The van der Waals surface area contributed by atoms with Crippen LogP contribution in [0.2, 0.25) is 0 Å². The van der Waals surface area contributed by atoms with Gasteiger partial charge in [-0.1, -0.05) is 20.8 Å². The van der Waals surface area contributed by atoms with E-state index in [2.05, 4.69) is 25.8 Å². The first kappa shape index (κ1) is 12.3. The van der Waals surface area contributed by atoms with E-state index in [1.54, 1.807) is 0 Å². The molecule has 0 N–H and O–H groups in total. The van der Waals surface area contributed by atoms with E-state index in [0.29, 0.717) is 16.3 Å². The zero-order valence-electron chi connectivity index (χ0n) is 9.56. The number of halogens is 1. The molecular weight excluding hydrogens is 213 g/mol. The summed E-state index contributed by atoms with van der Waals surface area (Å²) in [6, 6.07) is 0. The van der Waals surface area contributed by atoms with Crippen LogP contribution in [-0.2, 0) is 17.6 Å². The fourth-order valence-corrected chi connectivity index (χ4v) is 2.58. The molecule has 1 heterocycles. The van der Waals surface area contributed by atoms with Gasteiger partial charge in [-0.15, -0.1) is 11.3 Å². The number of ketones is 1. The second-order valence-electron chi connectivity index (χ2n) is 4.94. The summed E-state index contributed by atoms with van der Waals surface area (Å²) in [6.07, 6.45) is 0.903. The molecule has 0 spiro atoms. The molecular formula is C11H16FNOS. The normalized spacial score (nSPS) is 11.8. The van der Waals surface area contributed by atoms with E-state index in [9.17, 15) is 9.18 Å². The molecule has 1 rings (SSSR count). The summed E-state index contributed by atoms with van der Waals surface area (Å²) >= 11 is 1.31. The summed E-state index contributed by atoms with van der Waals surface area (Å²) < 4.78 is 13.4. The average Bonchev–Trinajstić information content (AvgIpc) is 2.26. The van der Waals surface area contributed by atoms with Gasteiger partial charge in [-0.3, -0.25) is 4.79 Å². The number of nitrogens with zero attached hydrogens (tertiary/aromatic N) is 1. The van der Waals surface area contributed by atoms with Crippen molar-refractivity contribution in [2.24, 2.45) is 5.41 Å². The van der Waals surface area contributed by atoms with Crippen LogP contribution in [-0.4, -0.2) is 10.8 Å². The number of hydrogen-bond donors (Lipinski definition) is 0. The lowest BCUT2D eigenvalue weighted by Crippen LogP contribution is -2.08. The first-order chi connectivity index (χ1) is 6.78. The van der Waals surface area contributed by atoms with E-state index in [-0.39, 0.29) is 17.6 Å². The second kappa shape index (κ2) is 4.39. The van der Waals surface area contributed by atoms with E-state index in [1.165, 1.54) is 18.3 Å². The zero-order chi connectivity index (χ0) is 11.6. The maximum atomic E-state index is 13.4. The lowest BCUT2D eigenvalue weighted by atomic mass is 9.92. The molecule has 2 nitrogen and oxygen atoms in total. The van der Waals surface area contributed by atoms with Crippen LogP contribution < -0.4 is 0 Å². The molecule has 0 atom stereocenters. The van der Waals surface area contributed by atoms with E-state index < -0.39 is 5.95 Å². The Bertz CT molecular complexity index is 365. The third-order valence-electron chi connectivity index (χ3n) is 1.79. The number of hydrogen-bond acceptors (Lipinski definition) is 3. The molecule has 0 amide bonds. The number of rotatable bonds is 3. The highest BCUT2D eigenvalue weighted by Gasteiger charge is 2.18. The third kappa shape index (κ3) is 4.08. The van der Waals surface area contributed by atoms with Gasteiger partial charge in [0.1, 0.15) is 10.8 Å². The highest BCUT2D eigenvalue weighted by molar-refractivity contribution is 7.11. The summed E-state index contributed by atoms with van der Waals surface area (Å²) in [5.74, 6) is -0.391. The van der Waals surface area contributed by atoms with Gasteiger partial charge in [0.2, 0.25) is 5.95 Å². The number of carbonyl (C=O) groups is 1. The number of Topliss-reactive ketones (excluding diaryl/α,β-unsaturated/α-hetero) is 1. The van der Waals surface area contributed by atoms with Crippen LogP contribution in [0.5, 0.6) is 0 Å². The first-order valence-corrected chi connectivity index (χ1v) is 5.73. The highest BCUT2D eigenvalue weighted by Crippen LogP contribution is 2.27. The van der Waals surface area contributed by atoms with Gasteiger partial charge in [0.05, 0.1) is 11.3 Å². The molecule has 84 valence electrons. The predicted octanol–water partition coefficient (Wildman–Crippen LogP) is 3.00. The fraction of sp³-hybridized carbons (Fsp3) is 0.636. The standard InChI is InChI=1S/C11H16FNOS/c1-7(14)5-9-13-10(12)8(15-9)6-11(2,3)4/h5-6H2,1-4H3. The molecule has 0 unspecified atom stereocenters. The molecule has 0 aliphatic carbocycles. The molecule has 0 aliphatic rings. The monoisotopic (exact) mass is 229 g/mol. The zero-order valence-corrected chi connectivity index (χ0v) is 10.4. The molecule has 0 aromatic carbocycles. The van der Waals surface area contributed by atoms with Gasteiger partial charge in [0.15, 0.2) is 0 Å². The summed E-state index contributed by atoms with van der Waals surface area (Å²) in [7, 11) is 0. The summed E-state index contributed by atoms with van der Waals surface area (Å²) in [6.45, 7) is 7.65. The third-order valence-corrected chi connectivity index (χ3v) is 2.82. The van der Waals surface area contributed by atoms with Gasteiger partial charge in [0.25, 0.3) is 0 Å². The number of thiazole rings is 1. The van der Waals surface area contributed by atoms with Crippen molar-refractivity contribution in [1.29, 1.82) is 0 Å². The van der Waals surface area contributed by atoms with E-state index in [1.807, 2.05) is 0 Å². The van der Waals surface area contributed by atoms with Crippen molar-refractivity contribution in [1.82, 2.24) is 4.98 Å². The van der Waals surface area contributed by atoms with Crippen molar-refractivity contribution in [2.75, 3.05) is 0 Å². The van der Waals surface area contributed by atoms with Crippen LogP contribution in [0.15, 0.2) is 0 Å². The van der Waals surface area contributed by atoms with Gasteiger partial charge in [-0.25, -0.2) is 4.98 Å².